The summed E-state index contributed by atoms with van der Waals surface area (Å²) in [4.78, 5) is 0. The van der Waals surface area contributed by atoms with Crippen LogP contribution in [0.4, 0.5) is 16.1 Å². The van der Waals surface area contributed by atoms with Gasteiger partial charge in [-0.25, -0.2) is 4.39 Å². The fourth-order valence-electron chi connectivity index (χ4n) is 1.18. The standard InChI is InChI=1S/C10H10ClFN4O/c1-5(13)9-15-16-10(17-9)14-8-4-6(12)2-3-7(8)11/h2-5H,13H2,1H3,(H,14,16). The molecule has 1 aromatic heterocycles. The number of benzene rings is 1. The van der Waals surface area contributed by atoms with Crippen LogP contribution in [-0.2, 0) is 0 Å². The van der Waals surface area contributed by atoms with Gasteiger partial charge in [0.2, 0.25) is 5.89 Å². The van der Waals surface area contributed by atoms with Gasteiger partial charge in [0, 0.05) is 0 Å². The normalized spacial score (nSPS) is 12.5. The van der Waals surface area contributed by atoms with E-state index in [1.54, 1.807) is 6.92 Å². The van der Waals surface area contributed by atoms with Crippen LogP contribution in [0.25, 0.3) is 0 Å². The van der Waals surface area contributed by atoms with Gasteiger partial charge in [0.1, 0.15) is 5.82 Å². The van der Waals surface area contributed by atoms with Crippen molar-refractivity contribution < 1.29 is 8.81 Å². The summed E-state index contributed by atoms with van der Waals surface area (Å²) in [5.74, 6) is -0.121. The lowest BCUT2D eigenvalue weighted by Crippen LogP contribution is -2.04. The summed E-state index contributed by atoms with van der Waals surface area (Å²) in [6.45, 7) is 1.71. The second-order valence-corrected chi connectivity index (χ2v) is 3.89. The van der Waals surface area contributed by atoms with Gasteiger partial charge in [-0.15, -0.1) is 5.10 Å². The Balaban J connectivity index is 2.22. The first-order chi connectivity index (χ1) is 8.06. The lowest BCUT2D eigenvalue weighted by Gasteiger charge is -2.03. The van der Waals surface area contributed by atoms with Gasteiger partial charge in [0.25, 0.3) is 0 Å². The van der Waals surface area contributed by atoms with Crippen LogP contribution in [0.2, 0.25) is 5.02 Å². The molecule has 2 rings (SSSR count). The van der Waals surface area contributed by atoms with Crippen molar-refractivity contribution in [1.82, 2.24) is 10.2 Å². The maximum Gasteiger partial charge on any atom is 0.320 e. The molecular formula is C10H10ClFN4O. The molecule has 0 spiro atoms. The summed E-state index contributed by atoms with van der Waals surface area (Å²) in [6, 6.07) is 3.68. The van der Waals surface area contributed by atoms with E-state index in [2.05, 4.69) is 15.5 Å². The Kier molecular flexibility index (Phi) is 3.26. The summed E-state index contributed by atoms with van der Waals surface area (Å²) < 4.78 is 18.2. The number of halogens is 2. The molecule has 0 saturated carbocycles. The molecule has 0 aliphatic rings. The molecule has 1 aromatic carbocycles. The van der Waals surface area contributed by atoms with E-state index < -0.39 is 5.82 Å². The lowest BCUT2D eigenvalue weighted by atomic mass is 10.3. The van der Waals surface area contributed by atoms with Crippen molar-refractivity contribution in [3.63, 3.8) is 0 Å². The molecule has 1 atom stereocenters. The molecule has 1 heterocycles. The zero-order chi connectivity index (χ0) is 12.4. The number of hydrogen-bond donors (Lipinski definition) is 2. The zero-order valence-corrected chi connectivity index (χ0v) is 9.70. The molecule has 0 aliphatic heterocycles. The molecule has 0 radical (unpaired) electrons. The Bertz CT molecular complexity index is 529. The minimum Gasteiger partial charge on any atom is -0.406 e. The predicted molar refractivity (Wildman–Crippen MR) is 61.6 cm³/mol. The maximum atomic E-state index is 13.0. The first kappa shape index (κ1) is 11.8. The zero-order valence-electron chi connectivity index (χ0n) is 8.95. The van der Waals surface area contributed by atoms with Gasteiger partial charge in [-0.05, 0) is 25.1 Å². The average Bonchev–Trinajstić information content (AvgIpc) is 2.72. The van der Waals surface area contributed by atoms with Crippen molar-refractivity contribution in [2.45, 2.75) is 13.0 Å². The largest absolute Gasteiger partial charge is 0.406 e. The molecule has 0 aliphatic carbocycles. The molecule has 17 heavy (non-hydrogen) atoms. The quantitative estimate of drug-likeness (QED) is 0.883. The van der Waals surface area contributed by atoms with Crippen LogP contribution in [-0.4, -0.2) is 10.2 Å². The highest BCUT2D eigenvalue weighted by Gasteiger charge is 2.11. The molecule has 2 aromatic rings. The second kappa shape index (κ2) is 4.68. The molecule has 0 fully saturated rings. The molecule has 7 heteroatoms. The SMILES string of the molecule is CC(N)c1nnc(Nc2cc(F)ccc2Cl)o1. The van der Waals surface area contributed by atoms with E-state index in [0.717, 1.165) is 0 Å². The molecular weight excluding hydrogens is 247 g/mol. The van der Waals surface area contributed by atoms with Crippen LogP contribution in [0.5, 0.6) is 0 Å². The van der Waals surface area contributed by atoms with E-state index in [-0.39, 0.29) is 12.1 Å². The number of aromatic nitrogens is 2. The number of nitrogens with one attached hydrogen (secondary N) is 1. The van der Waals surface area contributed by atoms with E-state index in [1.807, 2.05) is 0 Å². The number of hydrogen-bond acceptors (Lipinski definition) is 5. The van der Waals surface area contributed by atoms with Crippen LogP contribution in [0, 0.1) is 5.82 Å². The van der Waals surface area contributed by atoms with Gasteiger partial charge in [-0.3, -0.25) is 0 Å². The van der Waals surface area contributed by atoms with Gasteiger partial charge < -0.3 is 15.5 Å². The smallest absolute Gasteiger partial charge is 0.320 e. The van der Waals surface area contributed by atoms with Crippen LogP contribution in [0.1, 0.15) is 18.9 Å². The predicted octanol–water partition coefficient (Wildman–Crippen LogP) is 2.63. The highest BCUT2D eigenvalue weighted by atomic mass is 35.5. The second-order valence-electron chi connectivity index (χ2n) is 3.48. The molecule has 0 amide bonds. The average molecular weight is 257 g/mol. The highest BCUT2D eigenvalue weighted by Crippen LogP contribution is 2.25. The Labute approximate surface area is 102 Å². The highest BCUT2D eigenvalue weighted by molar-refractivity contribution is 6.33. The summed E-state index contributed by atoms with van der Waals surface area (Å²) in [6.07, 6.45) is 0. The van der Waals surface area contributed by atoms with E-state index in [1.165, 1.54) is 18.2 Å². The summed E-state index contributed by atoms with van der Waals surface area (Å²) in [7, 11) is 0. The summed E-state index contributed by atoms with van der Waals surface area (Å²) in [5, 5.41) is 10.5. The first-order valence-corrected chi connectivity index (χ1v) is 5.25. The van der Waals surface area contributed by atoms with Crippen molar-refractivity contribution in [1.29, 1.82) is 0 Å². The molecule has 90 valence electrons. The van der Waals surface area contributed by atoms with Crippen LogP contribution in [0.15, 0.2) is 22.6 Å². The molecule has 5 nitrogen and oxygen atoms in total. The molecule has 3 N–H and O–H groups in total. The Hall–Kier alpha value is -1.66. The summed E-state index contributed by atoms with van der Waals surface area (Å²) in [5.41, 5.74) is 5.92. The number of anilines is 2. The van der Waals surface area contributed by atoms with Gasteiger partial charge >= 0.3 is 6.01 Å². The minimum absolute atomic E-state index is 0.116. The maximum absolute atomic E-state index is 13.0. The van der Waals surface area contributed by atoms with Gasteiger partial charge in [0.05, 0.1) is 16.8 Å². The van der Waals surface area contributed by atoms with Gasteiger partial charge in [0.15, 0.2) is 0 Å². The fraction of sp³-hybridized carbons (Fsp3) is 0.200. The molecule has 0 saturated heterocycles. The van der Waals surface area contributed by atoms with Crippen molar-refractivity contribution in [3.05, 3.63) is 34.9 Å². The monoisotopic (exact) mass is 256 g/mol. The van der Waals surface area contributed by atoms with Crippen molar-refractivity contribution in [2.75, 3.05) is 5.32 Å². The van der Waals surface area contributed by atoms with Crippen LogP contribution in [0.3, 0.4) is 0 Å². The van der Waals surface area contributed by atoms with Crippen molar-refractivity contribution >= 4 is 23.3 Å². The fourth-order valence-corrected chi connectivity index (χ4v) is 1.34. The van der Waals surface area contributed by atoms with Crippen LogP contribution < -0.4 is 11.1 Å². The Morgan fingerprint density at radius 1 is 1.47 bits per heavy atom. The third kappa shape index (κ3) is 2.72. The third-order valence-electron chi connectivity index (χ3n) is 2.00. The number of rotatable bonds is 3. The van der Waals surface area contributed by atoms with Gasteiger partial charge in [-0.1, -0.05) is 16.7 Å². The van der Waals surface area contributed by atoms with Crippen LogP contribution >= 0.6 is 11.6 Å². The lowest BCUT2D eigenvalue weighted by molar-refractivity contribution is 0.475. The van der Waals surface area contributed by atoms with Gasteiger partial charge in [-0.2, -0.15) is 0 Å². The van der Waals surface area contributed by atoms with E-state index in [9.17, 15) is 4.39 Å². The summed E-state index contributed by atoms with van der Waals surface area (Å²) >= 11 is 5.87. The van der Waals surface area contributed by atoms with E-state index in [0.29, 0.717) is 16.6 Å². The Morgan fingerprint density at radius 2 is 2.24 bits per heavy atom. The van der Waals surface area contributed by atoms with E-state index >= 15 is 0 Å². The number of nitrogens with two attached hydrogens (primary N) is 1. The third-order valence-corrected chi connectivity index (χ3v) is 2.33. The topological polar surface area (TPSA) is 77.0 Å². The molecule has 1 unspecified atom stereocenters. The van der Waals surface area contributed by atoms with Crippen molar-refractivity contribution in [2.24, 2.45) is 5.73 Å². The van der Waals surface area contributed by atoms with Crippen molar-refractivity contribution in [3.8, 4) is 0 Å². The first-order valence-electron chi connectivity index (χ1n) is 4.87. The Morgan fingerprint density at radius 3 is 2.88 bits per heavy atom. The van der Waals surface area contributed by atoms with E-state index in [4.69, 9.17) is 21.8 Å². The number of nitrogens with zero attached hydrogens (tertiary/aromatic N) is 2. The minimum atomic E-state index is -0.413. The molecule has 0 bridgehead atoms.